The summed E-state index contributed by atoms with van der Waals surface area (Å²) in [6, 6.07) is 21.3. The van der Waals surface area contributed by atoms with E-state index in [0.717, 1.165) is 24.2 Å². The lowest BCUT2D eigenvalue weighted by atomic mass is 10.1. The van der Waals surface area contributed by atoms with Gasteiger partial charge in [-0.2, -0.15) is 0 Å². The van der Waals surface area contributed by atoms with Crippen LogP contribution in [0.4, 0.5) is 17.1 Å². The van der Waals surface area contributed by atoms with Crippen LogP contribution in [0.5, 0.6) is 5.75 Å². The molecule has 7 nitrogen and oxygen atoms in total. The predicted octanol–water partition coefficient (Wildman–Crippen LogP) is 4.26. The number of nitrogens with zero attached hydrogens (tertiary/aromatic N) is 1. The van der Waals surface area contributed by atoms with E-state index >= 15 is 0 Å². The third kappa shape index (κ3) is 5.57. The van der Waals surface area contributed by atoms with Gasteiger partial charge in [0.25, 0.3) is 5.91 Å². The van der Waals surface area contributed by atoms with Crippen molar-refractivity contribution in [2.24, 2.45) is 0 Å². The molecule has 3 aromatic rings. The highest BCUT2D eigenvalue weighted by atomic mass is 16.5. The second kappa shape index (κ2) is 9.99. The van der Waals surface area contributed by atoms with Crippen LogP contribution in [-0.2, 0) is 16.0 Å². The van der Waals surface area contributed by atoms with Crippen LogP contribution < -0.4 is 20.3 Å². The SMILES string of the molecule is COc1ccc(NC(=O)c2ccc(NC(=O)Cc3ccc(N4CCCC4=O)cc3)cc2)cc1. The monoisotopic (exact) mass is 443 g/mol. The molecule has 1 heterocycles. The zero-order valence-corrected chi connectivity index (χ0v) is 18.3. The number of rotatable bonds is 7. The van der Waals surface area contributed by atoms with E-state index in [0.29, 0.717) is 29.1 Å². The number of amides is 3. The first kappa shape index (κ1) is 22.1. The normalized spacial score (nSPS) is 13.0. The van der Waals surface area contributed by atoms with Crippen molar-refractivity contribution in [3.8, 4) is 5.75 Å². The van der Waals surface area contributed by atoms with Crippen molar-refractivity contribution in [3.63, 3.8) is 0 Å². The van der Waals surface area contributed by atoms with Gasteiger partial charge in [0.2, 0.25) is 11.8 Å². The minimum atomic E-state index is -0.241. The first-order valence-corrected chi connectivity index (χ1v) is 10.8. The van der Waals surface area contributed by atoms with E-state index < -0.39 is 0 Å². The highest BCUT2D eigenvalue weighted by Gasteiger charge is 2.21. The third-order valence-corrected chi connectivity index (χ3v) is 5.46. The van der Waals surface area contributed by atoms with Crippen LogP contribution in [0.2, 0.25) is 0 Å². The molecule has 0 aliphatic carbocycles. The molecule has 0 saturated carbocycles. The molecule has 1 aliphatic rings. The maximum atomic E-state index is 12.4. The maximum Gasteiger partial charge on any atom is 0.255 e. The third-order valence-electron chi connectivity index (χ3n) is 5.46. The molecule has 0 atom stereocenters. The molecule has 0 aromatic heterocycles. The standard InChI is InChI=1S/C26H25N3O4/c1-33-23-14-10-21(11-15-23)28-26(32)19-6-8-20(9-7-19)27-24(30)17-18-4-12-22(13-5-18)29-16-2-3-25(29)31/h4-15H,2-3,16-17H2,1H3,(H,27,30)(H,28,32). The van der Waals surface area contributed by atoms with Crippen LogP contribution in [0.3, 0.4) is 0 Å². The average molecular weight is 444 g/mol. The number of anilines is 3. The summed E-state index contributed by atoms with van der Waals surface area (Å²) >= 11 is 0. The van der Waals surface area contributed by atoms with E-state index in [4.69, 9.17) is 4.74 Å². The molecule has 1 fully saturated rings. The number of nitrogens with one attached hydrogen (secondary N) is 2. The number of hydrogen-bond donors (Lipinski definition) is 2. The fraction of sp³-hybridized carbons (Fsp3) is 0.192. The van der Waals surface area contributed by atoms with Gasteiger partial charge in [0.1, 0.15) is 5.75 Å². The second-order valence-electron chi connectivity index (χ2n) is 7.80. The van der Waals surface area contributed by atoms with Crippen molar-refractivity contribution >= 4 is 34.8 Å². The molecule has 2 N–H and O–H groups in total. The van der Waals surface area contributed by atoms with Crippen LogP contribution in [0, 0.1) is 0 Å². The minimum absolute atomic E-state index is 0.140. The van der Waals surface area contributed by atoms with Crippen molar-refractivity contribution in [1.82, 2.24) is 0 Å². The Kier molecular flexibility index (Phi) is 6.69. The van der Waals surface area contributed by atoms with Crippen LogP contribution in [0.1, 0.15) is 28.8 Å². The van der Waals surface area contributed by atoms with Gasteiger partial charge in [0.15, 0.2) is 0 Å². The Morgan fingerprint density at radius 3 is 2.12 bits per heavy atom. The van der Waals surface area contributed by atoms with Crippen molar-refractivity contribution in [3.05, 3.63) is 83.9 Å². The first-order valence-electron chi connectivity index (χ1n) is 10.8. The lowest BCUT2D eigenvalue weighted by Gasteiger charge is -2.15. The van der Waals surface area contributed by atoms with E-state index in [1.54, 1.807) is 60.5 Å². The van der Waals surface area contributed by atoms with Gasteiger partial charge in [-0.15, -0.1) is 0 Å². The van der Waals surface area contributed by atoms with Gasteiger partial charge in [0, 0.05) is 35.6 Å². The van der Waals surface area contributed by atoms with Gasteiger partial charge in [-0.25, -0.2) is 0 Å². The van der Waals surface area contributed by atoms with Crippen LogP contribution in [0.25, 0.3) is 0 Å². The van der Waals surface area contributed by atoms with Gasteiger partial charge in [-0.3, -0.25) is 14.4 Å². The lowest BCUT2D eigenvalue weighted by Crippen LogP contribution is -2.23. The Labute approximate surface area is 192 Å². The quantitative estimate of drug-likeness (QED) is 0.571. The smallest absolute Gasteiger partial charge is 0.255 e. The number of hydrogen-bond acceptors (Lipinski definition) is 4. The molecule has 0 bridgehead atoms. The van der Waals surface area contributed by atoms with E-state index in [-0.39, 0.29) is 24.1 Å². The van der Waals surface area contributed by atoms with Crippen molar-refractivity contribution in [2.45, 2.75) is 19.3 Å². The molecule has 3 aromatic carbocycles. The summed E-state index contributed by atoms with van der Waals surface area (Å²) in [5, 5.41) is 5.67. The zero-order chi connectivity index (χ0) is 23.2. The molecule has 1 saturated heterocycles. The summed E-state index contributed by atoms with van der Waals surface area (Å²) in [5.74, 6) is 0.456. The number of benzene rings is 3. The average Bonchev–Trinajstić information content (AvgIpc) is 3.26. The van der Waals surface area contributed by atoms with E-state index in [9.17, 15) is 14.4 Å². The highest BCUT2D eigenvalue weighted by molar-refractivity contribution is 6.04. The van der Waals surface area contributed by atoms with Gasteiger partial charge in [-0.05, 0) is 72.6 Å². The summed E-state index contributed by atoms with van der Waals surface area (Å²) < 4.78 is 5.11. The molecule has 0 radical (unpaired) electrons. The largest absolute Gasteiger partial charge is 0.497 e. The van der Waals surface area contributed by atoms with Crippen LogP contribution >= 0.6 is 0 Å². The predicted molar refractivity (Wildman–Crippen MR) is 128 cm³/mol. The van der Waals surface area contributed by atoms with Crippen LogP contribution in [0.15, 0.2) is 72.8 Å². The Hall–Kier alpha value is -4.13. The number of methoxy groups -OCH3 is 1. The van der Waals surface area contributed by atoms with Crippen molar-refractivity contribution in [2.75, 3.05) is 29.2 Å². The fourth-order valence-corrected chi connectivity index (χ4v) is 3.69. The molecule has 1 aliphatic heterocycles. The van der Waals surface area contributed by atoms with Gasteiger partial charge in [-0.1, -0.05) is 12.1 Å². The number of carbonyl (C=O) groups is 3. The van der Waals surface area contributed by atoms with Crippen molar-refractivity contribution in [1.29, 1.82) is 0 Å². The summed E-state index contributed by atoms with van der Waals surface area (Å²) in [7, 11) is 1.59. The highest BCUT2D eigenvalue weighted by Crippen LogP contribution is 2.22. The lowest BCUT2D eigenvalue weighted by molar-refractivity contribution is -0.117. The summed E-state index contributed by atoms with van der Waals surface area (Å²) in [6.45, 7) is 0.743. The molecule has 4 rings (SSSR count). The Bertz CT molecular complexity index is 1140. The number of carbonyl (C=O) groups excluding carboxylic acids is 3. The first-order chi connectivity index (χ1) is 16.0. The number of ether oxygens (including phenoxy) is 1. The molecular weight excluding hydrogens is 418 g/mol. The Morgan fingerprint density at radius 1 is 0.879 bits per heavy atom. The second-order valence-corrected chi connectivity index (χ2v) is 7.80. The zero-order valence-electron chi connectivity index (χ0n) is 18.3. The Balaban J connectivity index is 1.30. The van der Waals surface area contributed by atoms with Crippen molar-refractivity contribution < 1.29 is 19.1 Å². The maximum absolute atomic E-state index is 12.4. The molecule has 3 amide bonds. The summed E-state index contributed by atoms with van der Waals surface area (Å²) in [6.07, 6.45) is 1.69. The molecule has 168 valence electrons. The topological polar surface area (TPSA) is 87.7 Å². The van der Waals surface area contributed by atoms with Gasteiger partial charge < -0.3 is 20.3 Å². The summed E-state index contributed by atoms with van der Waals surface area (Å²) in [4.78, 5) is 38.5. The van der Waals surface area contributed by atoms with E-state index in [2.05, 4.69) is 10.6 Å². The molecule has 7 heteroatoms. The fourth-order valence-electron chi connectivity index (χ4n) is 3.69. The van der Waals surface area contributed by atoms with Gasteiger partial charge >= 0.3 is 0 Å². The molecule has 0 unspecified atom stereocenters. The molecular formula is C26H25N3O4. The van der Waals surface area contributed by atoms with E-state index in [1.807, 2.05) is 24.3 Å². The van der Waals surface area contributed by atoms with Gasteiger partial charge in [0.05, 0.1) is 13.5 Å². The Morgan fingerprint density at radius 2 is 1.52 bits per heavy atom. The molecule has 33 heavy (non-hydrogen) atoms. The van der Waals surface area contributed by atoms with E-state index in [1.165, 1.54) is 0 Å². The summed E-state index contributed by atoms with van der Waals surface area (Å²) in [5.41, 5.74) is 3.48. The van der Waals surface area contributed by atoms with Crippen LogP contribution in [-0.4, -0.2) is 31.4 Å². The molecule has 0 spiro atoms. The minimum Gasteiger partial charge on any atom is -0.497 e.